The highest BCUT2D eigenvalue weighted by atomic mass is 32.1. The Morgan fingerprint density at radius 1 is 0.939 bits per heavy atom. The van der Waals surface area contributed by atoms with Gasteiger partial charge in [0.15, 0.2) is 0 Å². The lowest BCUT2D eigenvalue weighted by Crippen LogP contribution is -2.50. The first-order valence-electron chi connectivity index (χ1n) is 11.2. The van der Waals surface area contributed by atoms with Gasteiger partial charge in [0.1, 0.15) is 6.04 Å². The molecule has 1 aromatic heterocycles. The smallest absolute Gasteiger partial charge is 0.251 e. The van der Waals surface area contributed by atoms with Crippen LogP contribution in [0.4, 0.5) is 0 Å². The fraction of sp³-hybridized carbons (Fsp3) is 0.308. The first-order valence-corrected chi connectivity index (χ1v) is 12.1. The van der Waals surface area contributed by atoms with E-state index in [0.717, 1.165) is 18.7 Å². The van der Waals surface area contributed by atoms with Crippen LogP contribution >= 0.6 is 11.3 Å². The van der Waals surface area contributed by atoms with Gasteiger partial charge < -0.3 is 15.4 Å². The third-order valence-electron chi connectivity index (χ3n) is 5.77. The number of nitrogens with one attached hydrogen (secondary N) is 2. The van der Waals surface area contributed by atoms with Crippen LogP contribution in [0.3, 0.4) is 0 Å². The summed E-state index contributed by atoms with van der Waals surface area (Å²) in [5.74, 6) is -0.437. The van der Waals surface area contributed by atoms with Gasteiger partial charge in [-0.25, -0.2) is 0 Å². The second-order valence-electron chi connectivity index (χ2n) is 8.01. The summed E-state index contributed by atoms with van der Waals surface area (Å²) in [5.41, 5.74) is 1.53. The fourth-order valence-corrected chi connectivity index (χ4v) is 4.85. The molecule has 1 saturated heterocycles. The molecule has 6 nitrogen and oxygen atoms in total. The molecular formula is C26H29N3O3S. The van der Waals surface area contributed by atoms with Crippen molar-refractivity contribution in [3.63, 3.8) is 0 Å². The summed E-state index contributed by atoms with van der Waals surface area (Å²) < 4.78 is 5.51. The zero-order valence-corrected chi connectivity index (χ0v) is 19.3. The first kappa shape index (κ1) is 23.2. The van der Waals surface area contributed by atoms with E-state index in [-0.39, 0.29) is 17.9 Å². The molecule has 1 fully saturated rings. The van der Waals surface area contributed by atoms with Gasteiger partial charge in [-0.2, -0.15) is 0 Å². The normalized spacial score (nSPS) is 16.0. The molecule has 0 saturated carbocycles. The van der Waals surface area contributed by atoms with Crippen molar-refractivity contribution < 1.29 is 14.3 Å². The molecule has 2 amide bonds. The molecule has 0 spiro atoms. The molecule has 2 atom stereocenters. The molecule has 0 bridgehead atoms. The standard InChI is InChI=1S/C26H29N3O3S/c30-25(21-10-5-2-6-11-21)28-22(18-20-8-3-1-4-9-20)26(31)27-19-23(24-12-7-17-33-24)29-13-15-32-16-14-29/h1-12,17,22-23H,13-16,18-19H2,(H,27,31)(H,28,30)/t22-,23+/m0/s1. The predicted octanol–water partition coefficient (Wildman–Crippen LogP) is 3.28. The van der Waals surface area contributed by atoms with Gasteiger partial charge in [0.2, 0.25) is 5.91 Å². The second kappa shape index (κ2) is 11.7. The molecule has 2 heterocycles. The van der Waals surface area contributed by atoms with Gasteiger partial charge in [-0.1, -0.05) is 54.6 Å². The Morgan fingerprint density at radius 3 is 2.30 bits per heavy atom. The van der Waals surface area contributed by atoms with E-state index in [2.05, 4.69) is 27.0 Å². The topological polar surface area (TPSA) is 70.7 Å². The number of amides is 2. The number of nitrogens with zero attached hydrogens (tertiary/aromatic N) is 1. The summed E-state index contributed by atoms with van der Waals surface area (Å²) in [6.45, 7) is 3.53. The maximum atomic E-state index is 13.3. The number of ether oxygens (including phenoxy) is 1. The van der Waals surface area contributed by atoms with Gasteiger partial charge in [-0.15, -0.1) is 11.3 Å². The lowest BCUT2D eigenvalue weighted by Gasteiger charge is -2.34. The lowest BCUT2D eigenvalue weighted by molar-refractivity contribution is -0.123. The van der Waals surface area contributed by atoms with Crippen molar-refractivity contribution in [3.8, 4) is 0 Å². The number of hydrogen-bond donors (Lipinski definition) is 2. The maximum absolute atomic E-state index is 13.3. The number of rotatable bonds is 9. The van der Waals surface area contributed by atoms with Crippen molar-refractivity contribution in [2.45, 2.75) is 18.5 Å². The van der Waals surface area contributed by atoms with Gasteiger partial charge in [0.25, 0.3) is 5.91 Å². The van der Waals surface area contributed by atoms with Crippen LogP contribution in [-0.4, -0.2) is 55.6 Å². The highest BCUT2D eigenvalue weighted by Gasteiger charge is 2.27. The second-order valence-corrected chi connectivity index (χ2v) is 8.99. The minimum absolute atomic E-state index is 0.0834. The van der Waals surface area contributed by atoms with Crippen molar-refractivity contribution in [3.05, 3.63) is 94.2 Å². The predicted molar refractivity (Wildman–Crippen MR) is 130 cm³/mol. The number of morpholine rings is 1. The quantitative estimate of drug-likeness (QED) is 0.511. The van der Waals surface area contributed by atoms with E-state index in [9.17, 15) is 9.59 Å². The molecular weight excluding hydrogens is 434 g/mol. The largest absolute Gasteiger partial charge is 0.379 e. The first-order chi connectivity index (χ1) is 16.2. The molecule has 4 rings (SSSR count). The van der Waals surface area contributed by atoms with E-state index in [1.807, 2.05) is 54.6 Å². The lowest BCUT2D eigenvalue weighted by atomic mass is 10.0. The number of benzene rings is 2. The van der Waals surface area contributed by atoms with E-state index >= 15 is 0 Å². The average molecular weight is 464 g/mol. The third-order valence-corrected chi connectivity index (χ3v) is 6.74. The van der Waals surface area contributed by atoms with Crippen LogP contribution < -0.4 is 10.6 Å². The van der Waals surface area contributed by atoms with Crippen LogP contribution in [0.2, 0.25) is 0 Å². The van der Waals surface area contributed by atoms with Crippen LogP contribution in [0.15, 0.2) is 78.2 Å². The average Bonchev–Trinajstić information content (AvgIpc) is 3.40. The minimum Gasteiger partial charge on any atom is -0.379 e. The highest BCUT2D eigenvalue weighted by molar-refractivity contribution is 7.10. The van der Waals surface area contributed by atoms with Gasteiger partial charge in [0.05, 0.1) is 19.3 Å². The van der Waals surface area contributed by atoms with Crippen LogP contribution in [0, 0.1) is 0 Å². The maximum Gasteiger partial charge on any atom is 0.251 e. The molecule has 7 heteroatoms. The Bertz CT molecular complexity index is 1010. The van der Waals surface area contributed by atoms with E-state index < -0.39 is 6.04 Å². The highest BCUT2D eigenvalue weighted by Crippen LogP contribution is 2.25. The summed E-state index contributed by atoms with van der Waals surface area (Å²) in [4.78, 5) is 29.7. The molecule has 0 aliphatic carbocycles. The SMILES string of the molecule is O=C(N[C@@H](Cc1ccccc1)C(=O)NC[C@H](c1cccs1)N1CCOCC1)c1ccccc1. The summed E-state index contributed by atoms with van der Waals surface area (Å²) >= 11 is 1.69. The van der Waals surface area contributed by atoms with Crippen molar-refractivity contribution >= 4 is 23.2 Å². The van der Waals surface area contributed by atoms with E-state index in [0.29, 0.717) is 31.7 Å². The number of thiophene rings is 1. The van der Waals surface area contributed by atoms with E-state index in [1.165, 1.54) is 4.88 Å². The monoisotopic (exact) mass is 463 g/mol. The van der Waals surface area contributed by atoms with Gasteiger partial charge in [-0.05, 0) is 29.1 Å². The zero-order valence-electron chi connectivity index (χ0n) is 18.5. The van der Waals surface area contributed by atoms with Crippen molar-refractivity contribution in [1.29, 1.82) is 0 Å². The fourth-order valence-electron chi connectivity index (χ4n) is 3.99. The zero-order chi connectivity index (χ0) is 22.9. The molecule has 3 aromatic rings. The summed E-state index contributed by atoms with van der Waals surface area (Å²) in [7, 11) is 0. The molecule has 33 heavy (non-hydrogen) atoms. The van der Waals surface area contributed by atoms with Gasteiger partial charge >= 0.3 is 0 Å². The molecule has 0 unspecified atom stereocenters. The molecule has 2 N–H and O–H groups in total. The van der Waals surface area contributed by atoms with Gasteiger partial charge in [0, 0.05) is 36.5 Å². The van der Waals surface area contributed by atoms with Crippen molar-refractivity contribution in [1.82, 2.24) is 15.5 Å². The molecule has 2 aromatic carbocycles. The van der Waals surface area contributed by atoms with Crippen LogP contribution in [0.25, 0.3) is 0 Å². The third kappa shape index (κ3) is 6.51. The van der Waals surface area contributed by atoms with Crippen LogP contribution in [0.5, 0.6) is 0 Å². The van der Waals surface area contributed by atoms with Gasteiger partial charge in [-0.3, -0.25) is 14.5 Å². The summed E-state index contributed by atoms with van der Waals surface area (Å²) in [5, 5.41) is 8.11. The summed E-state index contributed by atoms with van der Waals surface area (Å²) in [6.07, 6.45) is 0.423. The number of carbonyl (C=O) groups is 2. The molecule has 172 valence electrons. The Morgan fingerprint density at radius 2 is 1.64 bits per heavy atom. The molecule has 0 radical (unpaired) electrons. The number of hydrogen-bond acceptors (Lipinski definition) is 5. The number of carbonyl (C=O) groups excluding carboxylic acids is 2. The van der Waals surface area contributed by atoms with E-state index in [1.54, 1.807) is 23.5 Å². The van der Waals surface area contributed by atoms with Crippen LogP contribution in [-0.2, 0) is 16.0 Å². The minimum atomic E-state index is -0.672. The molecule has 1 aliphatic rings. The Kier molecular flexibility index (Phi) is 8.24. The van der Waals surface area contributed by atoms with Crippen molar-refractivity contribution in [2.24, 2.45) is 0 Å². The van der Waals surface area contributed by atoms with Crippen LogP contribution in [0.1, 0.15) is 26.8 Å². The Labute approximate surface area is 198 Å². The molecule has 1 aliphatic heterocycles. The Balaban J connectivity index is 1.46. The Hall–Kier alpha value is -3.00. The van der Waals surface area contributed by atoms with E-state index in [4.69, 9.17) is 4.74 Å². The summed E-state index contributed by atoms with van der Waals surface area (Å²) in [6, 6.07) is 22.3. The van der Waals surface area contributed by atoms with Crippen molar-refractivity contribution in [2.75, 3.05) is 32.8 Å².